The molecule has 1 aromatic rings. The van der Waals surface area contributed by atoms with Crippen molar-refractivity contribution < 1.29 is 9.50 Å². The van der Waals surface area contributed by atoms with Crippen molar-refractivity contribution in [1.29, 1.82) is 0 Å². The largest absolute Gasteiger partial charge is 0.396 e. The molecule has 1 nitrogen and oxygen atoms in total. The summed E-state index contributed by atoms with van der Waals surface area (Å²) in [6.07, 6.45) is 0.825. The molecule has 0 aromatic heterocycles. The molecular formula is C10H13FOS. The summed E-state index contributed by atoms with van der Waals surface area (Å²) in [7, 11) is 0. The maximum absolute atomic E-state index is 12.8. The van der Waals surface area contributed by atoms with Crippen LogP contribution in [0.25, 0.3) is 0 Å². The van der Waals surface area contributed by atoms with Crippen molar-refractivity contribution in [1.82, 2.24) is 0 Å². The highest BCUT2D eigenvalue weighted by molar-refractivity contribution is 7.99. The third-order valence-corrected chi connectivity index (χ3v) is 2.85. The smallest absolute Gasteiger partial charge is 0.123 e. The van der Waals surface area contributed by atoms with Gasteiger partial charge in [0.05, 0.1) is 6.61 Å². The number of aliphatic hydroxyl groups excluding tert-OH is 1. The Morgan fingerprint density at radius 1 is 1.46 bits per heavy atom. The van der Waals surface area contributed by atoms with Crippen LogP contribution in [0.4, 0.5) is 4.39 Å². The van der Waals surface area contributed by atoms with Gasteiger partial charge in [-0.25, -0.2) is 4.39 Å². The van der Waals surface area contributed by atoms with Gasteiger partial charge in [0, 0.05) is 10.6 Å². The van der Waals surface area contributed by atoms with E-state index in [0.717, 1.165) is 16.9 Å². The van der Waals surface area contributed by atoms with Gasteiger partial charge < -0.3 is 5.11 Å². The molecular weight excluding hydrogens is 187 g/mol. The molecule has 0 aliphatic heterocycles. The molecule has 0 radical (unpaired) electrons. The second kappa shape index (κ2) is 5.25. The Morgan fingerprint density at radius 2 is 2.23 bits per heavy atom. The predicted octanol–water partition coefficient (Wildman–Crippen LogP) is 2.47. The standard InChI is InChI=1S/C10H13FOS/c1-2-8-7-9(11)3-4-10(8)13-6-5-12/h3-4,7,12H,2,5-6H2,1H3. The molecule has 72 valence electrons. The fraction of sp³-hybridized carbons (Fsp3) is 0.400. The number of benzene rings is 1. The monoisotopic (exact) mass is 200 g/mol. The summed E-state index contributed by atoms with van der Waals surface area (Å²) < 4.78 is 12.8. The number of hydrogen-bond donors (Lipinski definition) is 1. The van der Waals surface area contributed by atoms with Crippen molar-refractivity contribution in [3.63, 3.8) is 0 Å². The summed E-state index contributed by atoms with van der Waals surface area (Å²) in [6, 6.07) is 4.78. The highest BCUT2D eigenvalue weighted by Gasteiger charge is 2.02. The first-order chi connectivity index (χ1) is 6.27. The van der Waals surface area contributed by atoms with Crippen LogP contribution in [0.3, 0.4) is 0 Å². The molecule has 0 spiro atoms. The topological polar surface area (TPSA) is 20.2 Å². The van der Waals surface area contributed by atoms with Crippen LogP contribution < -0.4 is 0 Å². The molecule has 0 fully saturated rings. The lowest BCUT2D eigenvalue weighted by atomic mass is 10.2. The Balaban J connectivity index is 2.79. The van der Waals surface area contributed by atoms with Crippen LogP contribution in [0.15, 0.2) is 23.1 Å². The molecule has 0 aliphatic carbocycles. The zero-order chi connectivity index (χ0) is 9.68. The van der Waals surface area contributed by atoms with Gasteiger partial charge in [-0.1, -0.05) is 6.92 Å². The summed E-state index contributed by atoms with van der Waals surface area (Å²) in [5.74, 6) is 0.476. The van der Waals surface area contributed by atoms with E-state index < -0.39 is 0 Å². The first-order valence-corrected chi connectivity index (χ1v) is 5.28. The lowest BCUT2D eigenvalue weighted by molar-refractivity contribution is 0.322. The first kappa shape index (κ1) is 10.5. The van der Waals surface area contributed by atoms with Gasteiger partial charge in [-0.3, -0.25) is 0 Å². The molecule has 0 amide bonds. The highest BCUT2D eigenvalue weighted by Crippen LogP contribution is 2.23. The van der Waals surface area contributed by atoms with Gasteiger partial charge >= 0.3 is 0 Å². The Labute approximate surface area is 82.0 Å². The Morgan fingerprint density at radius 3 is 2.85 bits per heavy atom. The van der Waals surface area contributed by atoms with Gasteiger partial charge in [-0.15, -0.1) is 11.8 Å². The highest BCUT2D eigenvalue weighted by atomic mass is 32.2. The van der Waals surface area contributed by atoms with Crippen LogP contribution in [-0.2, 0) is 6.42 Å². The van der Waals surface area contributed by atoms with E-state index in [-0.39, 0.29) is 12.4 Å². The second-order valence-corrected chi connectivity index (χ2v) is 3.81. The van der Waals surface area contributed by atoms with E-state index in [9.17, 15) is 4.39 Å². The summed E-state index contributed by atoms with van der Waals surface area (Å²) in [6.45, 7) is 2.16. The van der Waals surface area contributed by atoms with E-state index in [2.05, 4.69) is 0 Å². The molecule has 3 heteroatoms. The summed E-state index contributed by atoms with van der Waals surface area (Å²) >= 11 is 1.56. The van der Waals surface area contributed by atoms with Crippen molar-refractivity contribution in [2.45, 2.75) is 18.2 Å². The van der Waals surface area contributed by atoms with Gasteiger partial charge in [0.25, 0.3) is 0 Å². The number of aliphatic hydroxyl groups is 1. The van der Waals surface area contributed by atoms with Crippen LogP contribution in [0.5, 0.6) is 0 Å². The SMILES string of the molecule is CCc1cc(F)ccc1SCCO. The third-order valence-electron chi connectivity index (χ3n) is 1.75. The maximum atomic E-state index is 12.8. The van der Waals surface area contributed by atoms with Crippen molar-refractivity contribution in [2.24, 2.45) is 0 Å². The minimum atomic E-state index is -0.190. The molecule has 0 heterocycles. The van der Waals surface area contributed by atoms with Crippen molar-refractivity contribution in [3.05, 3.63) is 29.6 Å². The fourth-order valence-electron chi connectivity index (χ4n) is 1.12. The van der Waals surface area contributed by atoms with E-state index in [0.29, 0.717) is 5.75 Å². The maximum Gasteiger partial charge on any atom is 0.123 e. The number of aryl methyl sites for hydroxylation is 1. The van der Waals surface area contributed by atoms with Gasteiger partial charge in [0.1, 0.15) is 5.82 Å². The van der Waals surface area contributed by atoms with Crippen LogP contribution in [0.1, 0.15) is 12.5 Å². The first-order valence-electron chi connectivity index (χ1n) is 4.30. The minimum Gasteiger partial charge on any atom is -0.396 e. The van der Waals surface area contributed by atoms with Crippen molar-refractivity contribution >= 4 is 11.8 Å². The van der Waals surface area contributed by atoms with Gasteiger partial charge in [-0.2, -0.15) is 0 Å². The lowest BCUT2D eigenvalue weighted by Gasteiger charge is -2.05. The Hall–Kier alpha value is -0.540. The molecule has 1 aromatic carbocycles. The molecule has 0 atom stereocenters. The quantitative estimate of drug-likeness (QED) is 0.753. The fourth-order valence-corrected chi connectivity index (χ4v) is 1.98. The van der Waals surface area contributed by atoms with Gasteiger partial charge in [0.15, 0.2) is 0 Å². The second-order valence-electron chi connectivity index (χ2n) is 2.68. The van der Waals surface area contributed by atoms with Gasteiger partial charge in [0.2, 0.25) is 0 Å². The summed E-state index contributed by atoms with van der Waals surface area (Å²) in [5.41, 5.74) is 1.01. The number of halogens is 1. The van der Waals surface area contributed by atoms with Crippen LogP contribution >= 0.6 is 11.8 Å². The molecule has 1 rings (SSSR count). The normalized spacial score (nSPS) is 10.4. The van der Waals surface area contributed by atoms with Crippen LogP contribution in [0, 0.1) is 5.82 Å². The molecule has 0 bridgehead atoms. The Bertz CT molecular complexity index is 276. The number of hydrogen-bond acceptors (Lipinski definition) is 2. The zero-order valence-electron chi connectivity index (χ0n) is 7.59. The minimum absolute atomic E-state index is 0.158. The Kier molecular flexibility index (Phi) is 4.25. The molecule has 0 saturated carbocycles. The van der Waals surface area contributed by atoms with Crippen molar-refractivity contribution in [2.75, 3.05) is 12.4 Å². The zero-order valence-corrected chi connectivity index (χ0v) is 8.40. The predicted molar refractivity (Wildman–Crippen MR) is 53.6 cm³/mol. The molecule has 13 heavy (non-hydrogen) atoms. The molecule has 0 unspecified atom stereocenters. The molecule has 0 saturated heterocycles. The number of rotatable bonds is 4. The summed E-state index contributed by atoms with van der Waals surface area (Å²) in [5, 5.41) is 8.65. The third kappa shape index (κ3) is 3.01. The lowest BCUT2D eigenvalue weighted by Crippen LogP contribution is -1.91. The van der Waals surface area contributed by atoms with Gasteiger partial charge in [-0.05, 0) is 30.2 Å². The summed E-state index contributed by atoms with van der Waals surface area (Å²) in [4.78, 5) is 1.07. The van der Waals surface area contributed by atoms with E-state index in [1.807, 2.05) is 6.92 Å². The van der Waals surface area contributed by atoms with E-state index in [1.54, 1.807) is 23.9 Å². The van der Waals surface area contributed by atoms with E-state index in [4.69, 9.17) is 5.11 Å². The molecule has 0 aliphatic rings. The van der Waals surface area contributed by atoms with Crippen molar-refractivity contribution in [3.8, 4) is 0 Å². The van der Waals surface area contributed by atoms with E-state index >= 15 is 0 Å². The van der Waals surface area contributed by atoms with E-state index in [1.165, 1.54) is 6.07 Å². The average molecular weight is 200 g/mol. The van der Waals surface area contributed by atoms with Crippen LogP contribution in [-0.4, -0.2) is 17.5 Å². The number of thioether (sulfide) groups is 1. The average Bonchev–Trinajstić information content (AvgIpc) is 2.16. The van der Waals surface area contributed by atoms with Crippen LogP contribution in [0.2, 0.25) is 0 Å². The molecule has 1 N–H and O–H groups in total.